The second-order valence-electron chi connectivity index (χ2n) is 4.95. The van der Waals surface area contributed by atoms with Crippen molar-refractivity contribution >= 4 is 5.78 Å². The number of nitrogens with zero attached hydrogens (tertiary/aromatic N) is 4. The van der Waals surface area contributed by atoms with Gasteiger partial charge in [-0.15, -0.1) is 0 Å². The average molecular weight is 267 g/mol. The summed E-state index contributed by atoms with van der Waals surface area (Å²) < 4.78 is 27.4. The first-order valence-electron chi connectivity index (χ1n) is 6.36. The normalized spacial score (nSPS) is 24.2. The average Bonchev–Trinajstić information content (AvgIpc) is 2.86. The minimum absolute atomic E-state index is 0.151. The third-order valence-electron chi connectivity index (χ3n) is 3.73. The van der Waals surface area contributed by atoms with Crippen molar-refractivity contribution in [3.8, 4) is 0 Å². The van der Waals surface area contributed by atoms with E-state index in [1.165, 1.54) is 12.4 Å². The number of alkyl halides is 2. The maximum Gasteiger partial charge on any atom is 0.280 e. The van der Waals surface area contributed by atoms with E-state index in [2.05, 4.69) is 27.3 Å². The van der Waals surface area contributed by atoms with Gasteiger partial charge < -0.3 is 5.32 Å². The molecule has 0 saturated carbocycles. The summed E-state index contributed by atoms with van der Waals surface area (Å²) in [6.07, 6.45) is -0.220. The molecule has 3 heterocycles. The fraction of sp³-hybridized carbons (Fsp3) is 0.583. The molecule has 0 amide bonds. The maximum atomic E-state index is 12.9. The van der Waals surface area contributed by atoms with Crippen LogP contribution in [0.2, 0.25) is 0 Å². The zero-order valence-electron chi connectivity index (χ0n) is 10.6. The van der Waals surface area contributed by atoms with Crippen LogP contribution in [0.4, 0.5) is 8.78 Å². The summed E-state index contributed by atoms with van der Waals surface area (Å²) in [5, 5.41) is 7.40. The second kappa shape index (κ2) is 4.80. The minimum Gasteiger partial charge on any atom is -0.316 e. The van der Waals surface area contributed by atoms with Gasteiger partial charge in [0.05, 0.1) is 5.69 Å². The molecule has 2 aromatic rings. The van der Waals surface area contributed by atoms with Gasteiger partial charge in [-0.25, -0.2) is 18.3 Å². The molecule has 0 radical (unpaired) electrons. The van der Waals surface area contributed by atoms with Crippen LogP contribution >= 0.6 is 0 Å². The van der Waals surface area contributed by atoms with Crippen LogP contribution in [0.25, 0.3) is 5.78 Å². The van der Waals surface area contributed by atoms with E-state index in [0.717, 1.165) is 25.2 Å². The SMILES string of the molecule is C[C@H]1CCNC[C@@H]1c1cc(C(F)F)nc2ncnn12. The summed E-state index contributed by atoms with van der Waals surface area (Å²) in [4.78, 5) is 7.76. The third kappa shape index (κ3) is 2.18. The largest absolute Gasteiger partial charge is 0.316 e. The topological polar surface area (TPSA) is 55.1 Å². The zero-order chi connectivity index (χ0) is 13.4. The lowest BCUT2D eigenvalue weighted by molar-refractivity contribution is 0.145. The van der Waals surface area contributed by atoms with Crippen LogP contribution in [-0.2, 0) is 0 Å². The highest BCUT2D eigenvalue weighted by molar-refractivity contribution is 5.32. The van der Waals surface area contributed by atoms with E-state index in [0.29, 0.717) is 5.92 Å². The van der Waals surface area contributed by atoms with Gasteiger partial charge in [0.2, 0.25) is 0 Å². The number of nitrogens with one attached hydrogen (secondary N) is 1. The van der Waals surface area contributed by atoms with Crippen molar-refractivity contribution in [2.24, 2.45) is 5.92 Å². The summed E-state index contributed by atoms with van der Waals surface area (Å²) in [5.74, 6) is 0.811. The lowest BCUT2D eigenvalue weighted by atomic mass is 9.85. The monoisotopic (exact) mass is 267 g/mol. The molecule has 1 fully saturated rings. The van der Waals surface area contributed by atoms with Crippen molar-refractivity contribution < 1.29 is 8.78 Å². The molecular formula is C12H15F2N5. The van der Waals surface area contributed by atoms with E-state index in [1.807, 2.05) is 0 Å². The lowest BCUT2D eigenvalue weighted by Crippen LogP contribution is -2.35. The van der Waals surface area contributed by atoms with E-state index in [-0.39, 0.29) is 17.4 Å². The maximum absolute atomic E-state index is 12.9. The smallest absolute Gasteiger partial charge is 0.280 e. The van der Waals surface area contributed by atoms with Gasteiger partial charge in [-0.1, -0.05) is 6.92 Å². The molecule has 0 aromatic carbocycles. The highest BCUT2D eigenvalue weighted by atomic mass is 19.3. The third-order valence-corrected chi connectivity index (χ3v) is 3.73. The number of halogens is 2. The van der Waals surface area contributed by atoms with E-state index < -0.39 is 6.43 Å². The zero-order valence-corrected chi connectivity index (χ0v) is 10.6. The molecule has 5 nitrogen and oxygen atoms in total. The van der Waals surface area contributed by atoms with Crippen molar-refractivity contribution in [1.82, 2.24) is 24.9 Å². The fourth-order valence-electron chi connectivity index (χ4n) is 2.62. The van der Waals surface area contributed by atoms with Gasteiger partial charge in [0, 0.05) is 12.5 Å². The van der Waals surface area contributed by atoms with Crippen molar-refractivity contribution in [2.45, 2.75) is 25.7 Å². The Morgan fingerprint density at radius 2 is 2.32 bits per heavy atom. The van der Waals surface area contributed by atoms with E-state index >= 15 is 0 Å². The van der Waals surface area contributed by atoms with Gasteiger partial charge in [0.1, 0.15) is 12.0 Å². The van der Waals surface area contributed by atoms with E-state index in [9.17, 15) is 8.78 Å². The highest BCUT2D eigenvalue weighted by Gasteiger charge is 2.27. The number of fused-ring (bicyclic) bond motifs is 1. The number of hydrogen-bond donors (Lipinski definition) is 1. The lowest BCUT2D eigenvalue weighted by Gasteiger charge is -2.29. The summed E-state index contributed by atoms with van der Waals surface area (Å²) in [6, 6.07) is 1.46. The van der Waals surface area contributed by atoms with Gasteiger partial charge in [0.25, 0.3) is 12.2 Å². The summed E-state index contributed by atoms with van der Waals surface area (Å²) in [7, 11) is 0. The molecule has 0 bridgehead atoms. The number of hydrogen-bond acceptors (Lipinski definition) is 4. The molecule has 19 heavy (non-hydrogen) atoms. The Bertz CT molecular complexity index is 583. The molecule has 2 atom stereocenters. The molecule has 3 rings (SSSR count). The Hall–Kier alpha value is -1.63. The van der Waals surface area contributed by atoms with Crippen LogP contribution in [0.15, 0.2) is 12.4 Å². The van der Waals surface area contributed by atoms with Crippen molar-refractivity contribution in [1.29, 1.82) is 0 Å². The Morgan fingerprint density at radius 3 is 3.05 bits per heavy atom. The van der Waals surface area contributed by atoms with Crippen LogP contribution < -0.4 is 5.32 Å². The second-order valence-corrected chi connectivity index (χ2v) is 4.95. The fourth-order valence-corrected chi connectivity index (χ4v) is 2.62. The van der Waals surface area contributed by atoms with Gasteiger partial charge in [0.15, 0.2) is 0 Å². The predicted molar refractivity (Wildman–Crippen MR) is 65.1 cm³/mol. The molecule has 0 spiro atoms. The highest BCUT2D eigenvalue weighted by Crippen LogP contribution is 2.30. The van der Waals surface area contributed by atoms with Crippen molar-refractivity contribution in [3.63, 3.8) is 0 Å². The van der Waals surface area contributed by atoms with Gasteiger partial charge >= 0.3 is 0 Å². The minimum atomic E-state index is -2.59. The van der Waals surface area contributed by atoms with Crippen molar-refractivity contribution in [2.75, 3.05) is 13.1 Å². The Labute approximate surface area is 109 Å². The van der Waals surface area contributed by atoms with Crippen LogP contribution in [-0.4, -0.2) is 32.7 Å². The molecule has 102 valence electrons. The van der Waals surface area contributed by atoms with E-state index in [4.69, 9.17) is 0 Å². The van der Waals surface area contributed by atoms with Crippen LogP contribution in [0, 0.1) is 5.92 Å². The molecule has 7 heteroatoms. The molecule has 1 N–H and O–H groups in total. The van der Waals surface area contributed by atoms with E-state index in [1.54, 1.807) is 4.52 Å². The number of piperidine rings is 1. The van der Waals surface area contributed by atoms with Gasteiger partial charge in [-0.05, 0) is 24.9 Å². The van der Waals surface area contributed by atoms with Crippen LogP contribution in [0.1, 0.15) is 37.1 Å². The summed E-state index contributed by atoms with van der Waals surface area (Å²) in [6.45, 7) is 3.87. The molecule has 0 aliphatic carbocycles. The van der Waals surface area contributed by atoms with Gasteiger partial charge in [-0.3, -0.25) is 0 Å². The molecule has 0 unspecified atom stereocenters. The molecule has 1 saturated heterocycles. The molecule has 2 aromatic heterocycles. The Kier molecular flexibility index (Phi) is 3.14. The standard InChI is InChI=1S/C12H15F2N5/c1-7-2-3-15-5-8(7)10-4-9(11(13)14)18-12-16-6-17-19(10)12/h4,6-8,11,15H,2-3,5H2,1H3/t7-,8-/m0/s1. The molecular weight excluding hydrogens is 252 g/mol. The Balaban J connectivity index is 2.12. The molecule has 1 aliphatic rings. The number of aromatic nitrogens is 4. The van der Waals surface area contributed by atoms with Crippen molar-refractivity contribution in [3.05, 3.63) is 23.8 Å². The summed E-state index contributed by atoms with van der Waals surface area (Å²) in [5.41, 5.74) is 0.533. The van der Waals surface area contributed by atoms with Gasteiger partial charge in [-0.2, -0.15) is 10.1 Å². The number of rotatable bonds is 2. The Morgan fingerprint density at radius 1 is 1.47 bits per heavy atom. The predicted octanol–water partition coefficient (Wildman–Crippen LogP) is 1.77. The first-order valence-corrected chi connectivity index (χ1v) is 6.36. The summed E-state index contributed by atoms with van der Waals surface area (Å²) >= 11 is 0. The molecule has 1 aliphatic heterocycles. The first-order chi connectivity index (χ1) is 9.16. The quantitative estimate of drug-likeness (QED) is 0.901. The van der Waals surface area contributed by atoms with Crippen LogP contribution in [0.5, 0.6) is 0 Å². The first kappa shape index (κ1) is 12.4. The van der Waals surface area contributed by atoms with Crippen LogP contribution in [0.3, 0.4) is 0 Å².